The zero-order chi connectivity index (χ0) is 19.6. The van der Waals surface area contributed by atoms with Crippen LogP contribution in [0, 0.1) is 0 Å². The van der Waals surface area contributed by atoms with Crippen molar-refractivity contribution in [2.24, 2.45) is 5.10 Å². The van der Waals surface area contributed by atoms with E-state index in [0.29, 0.717) is 6.42 Å². The van der Waals surface area contributed by atoms with E-state index < -0.39 is 0 Å². The number of carbonyl (C=O) groups excluding carboxylic acids is 1. The molecule has 7 nitrogen and oxygen atoms in total. The van der Waals surface area contributed by atoms with Crippen molar-refractivity contribution >= 4 is 34.7 Å². The lowest BCUT2D eigenvalue weighted by molar-refractivity contribution is -0.130. The van der Waals surface area contributed by atoms with Crippen LogP contribution in [-0.4, -0.2) is 37.1 Å². The number of thiophene rings is 1. The van der Waals surface area contributed by atoms with Crippen LogP contribution in [0.25, 0.3) is 0 Å². The highest BCUT2D eigenvalue weighted by Crippen LogP contribution is 2.36. The molecule has 1 atom stereocenters. The van der Waals surface area contributed by atoms with Crippen LogP contribution in [0.4, 0.5) is 0 Å². The molecule has 1 unspecified atom stereocenters. The summed E-state index contributed by atoms with van der Waals surface area (Å²) in [6.07, 6.45) is 6.76. The van der Waals surface area contributed by atoms with E-state index in [1.807, 2.05) is 23.6 Å². The average Bonchev–Trinajstić information content (AvgIpc) is 3.51. The van der Waals surface area contributed by atoms with Gasteiger partial charge in [-0.25, -0.2) is 5.01 Å². The molecule has 1 amide bonds. The average molecular weight is 428 g/mol. The van der Waals surface area contributed by atoms with Crippen molar-refractivity contribution in [1.29, 1.82) is 0 Å². The Morgan fingerprint density at radius 3 is 3.03 bits per heavy atom. The molecule has 29 heavy (non-hydrogen) atoms. The van der Waals surface area contributed by atoms with Crippen LogP contribution in [0.15, 0.2) is 50.6 Å². The van der Waals surface area contributed by atoms with Crippen LogP contribution >= 0.6 is 23.1 Å². The zero-order valence-electron chi connectivity index (χ0n) is 15.9. The molecule has 0 saturated carbocycles. The maximum atomic E-state index is 13.1. The van der Waals surface area contributed by atoms with Gasteiger partial charge >= 0.3 is 0 Å². The molecule has 0 bridgehead atoms. The summed E-state index contributed by atoms with van der Waals surface area (Å²) >= 11 is 3.10. The predicted octanol–water partition coefficient (Wildman–Crippen LogP) is 4.13. The lowest BCUT2D eigenvalue weighted by atomic mass is 10.1. The van der Waals surface area contributed by atoms with E-state index >= 15 is 0 Å². The lowest BCUT2D eigenvalue weighted by Crippen LogP contribution is -2.28. The summed E-state index contributed by atoms with van der Waals surface area (Å²) < 4.78 is 7.68. The van der Waals surface area contributed by atoms with E-state index in [1.165, 1.54) is 18.2 Å². The smallest absolute Gasteiger partial charge is 0.253 e. The number of aryl methyl sites for hydroxylation is 1. The Hall–Kier alpha value is -2.39. The zero-order valence-corrected chi connectivity index (χ0v) is 17.5. The Balaban J connectivity index is 1.34. The minimum Gasteiger partial charge on any atom is -0.463 e. The van der Waals surface area contributed by atoms with Gasteiger partial charge in [-0.05, 0) is 36.4 Å². The van der Waals surface area contributed by atoms with Crippen LogP contribution in [0.5, 0.6) is 0 Å². The molecule has 0 radical (unpaired) electrons. The van der Waals surface area contributed by atoms with Gasteiger partial charge in [0, 0.05) is 24.3 Å². The highest BCUT2D eigenvalue weighted by molar-refractivity contribution is 7.99. The fraction of sp³-hybridized carbons (Fsp3) is 0.400. The highest BCUT2D eigenvalue weighted by Gasteiger charge is 2.34. The first-order valence-electron chi connectivity index (χ1n) is 9.81. The number of nitrogens with zero attached hydrogens (tertiary/aromatic N) is 5. The molecule has 2 aliphatic rings. The van der Waals surface area contributed by atoms with Gasteiger partial charge < -0.3 is 8.98 Å². The third-order valence-electron chi connectivity index (χ3n) is 5.24. The van der Waals surface area contributed by atoms with Gasteiger partial charge in [0.1, 0.15) is 17.3 Å². The Labute approximate surface area is 176 Å². The Kier molecular flexibility index (Phi) is 5.24. The number of hydrogen-bond acceptors (Lipinski definition) is 7. The van der Waals surface area contributed by atoms with E-state index in [-0.39, 0.29) is 17.7 Å². The number of furan rings is 1. The minimum atomic E-state index is -0.0845. The van der Waals surface area contributed by atoms with Gasteiger partial charge in [-0.3, -0.25) is 4.79 Å². The van der Waals surface area contributed by atoms with Crippen LogP contribution < -0.4 is 0 Å². The molecule has 0 N–H and O–H groups in total. The van der Waals surface area contributed by atoms with E-state index in [2.05, 4.69) is 25.9 Å². The molecular formula is C20H21N5O2S2. The standard InChI is InChI=1S/C20H21N5O2S2/c26-19(13-29-20-22-21-18-8-2-1-3-9-24(18)20)25-15(17-7-5-11-28-17)12-14(23-25)16-6-4-10-27-16/h4-7,10-11,15H,1-3,8-9,12-13H2. The van der Waals surface area contributed by atoms with Crippen molar-refractivity contribution in [3.63, 3.8) is 0 Å². The Morgan fingerprint density at radius 1 is 1.24 bits per heavy atom. The summed E-state index contributed by atoms with van der Waals surface area (Å²) in [7, 11) is 0. The van der Waals surface area contributed by atoms with E-state index in [0.717, 1.165) is 53.1 Å². The molecule has 5 rings (SSSR count). The molecular weight excluding hydrogens is 406 g/mol. The molecule has 2 aliphatic heterocycles. The van der Waals surface area contributed by atoms with Crippen molar-refractivity contribution in [2.75, 3.05) is 5.75 Å². The topological polar surface area (TPSA) is 76.5 Å². The van der Waals surface area contributed by atoms with Crippen molar-refractivity contribution in [3.8, 4) is 0 Å². The molecule has 0 aliphatic carbocycles. The summed E-state index contributed by atoms with van der Waals surface area (Å²) in [5.41, 5.74) is 0.808. The molecule has 150 valence electrons. The highest BCUT2D eigenvalue weighted by atomic mass is 32.2. The van der Waals surface area contributed by atoms with E-state index in [9.17, 15) is 4.79 Å². The first-order chi connectivity index (χ1) is 14.3. The number of rotatable bonds is 5. The number of fused-ring (bicyclic) bond motifs is 1. The van der Waals surface area contributed by atoms with E-state index in [4.69, 9.17) is 4.42 Å². The van der Waals surface area contributed by atoms with Crippen molar-refractivity contribution in [1.82, 2.24) is 19.8 Å². The number of thioether (sulfide) groups is 1. The fourth-order valence-electron chi connectivity index (χ4n) is 3.79. The first kappa shape index (κ1) is 18.6. The SMILES string of the molecule is O=C(CSc1nnc2n1CCCCC2)N1N=C(c2ccco2)CC1c1cccs1. The second kappa shape index (κ2) is 8.16. The summed E-state index contributed by atoms with van der Waals surface area (Å²) in [5, 5.41) is 17.8. The van der Waals surface area contributed by atoms with Gasteiger partial charge in [0.05, 0.1) is 18.1 Å². The number of hydrazone groups is 1. The monoisotopic (exact) mass is 427 g/mol. The number of hydrogen-bond donors (Lipinski definition) is 0. The van der Waals surface area contributed by atoms with Gasteiger partial charge in [0.2, 0.25) is 0 Å². The minimum absolute atomic E-state index is 0.0269. The van der Waals surface area contributed by atoms with Gasteiger partial charge in [0.15, 0.2) is 5.16 Å². The number of amides is 1. The Bertz CT molecular complexity index is 1010. The van der Waals surface area contributed by atoms with Crippen LogP contribution in [0.2, 0.25) is 0 Å². The molecule has 0 aromatic carbocycles. The predicted molar refractivity (Wildman–Crippen MR) is 112 cm³/mol. The molecule has 0 saturated heterocycles. The van der Waals surface area contributed by atoms with Crippen molar-refractivity contribution in [2.45, 2.75) is 49.8 Å². The second-order valence-electron chi connectivity index (χ2n) is 7.15. The van der Waals surface area contributed by atoms with Gasteiger partial charge in [-0.2, -0.15) is 5.10 Å². The van der Waals surface area contributed by atoms with Crippen LogP contribution in [0.1, 0.15) is 48.2 Å². The quantitative estimate of drug-likeness (QED) is 0.572. The van der Waals surface area contributed by atoms with Gasteiger partial charge in [-0.15, -0.1) is 21.5 Å². The summed E-state index contributed by atoms with van der Waals surface area (Å²) in [6.45, 7) is 0.932. The molecule has 0 fully saturated rings. The molecule has 3 aromatic rings. The third-order valence-corrected chi connectivity index (χ3v) is 7.17. The number of carbonyl (C=O) groups is 1. The maximum absolute atomic E-state index is 13.1. The van der Waals surface area contributed by atoms with Crippen molar-refractivity contribution < 1.29 is 9.21 Å². The first-order valence-corrected chi connectivity index (χ1v) is 11.7. The summed E-state index contributed by atoms with van der Waals surface area (Å²) in [4.78, 5) is 14.2. The summed E-state index contributed by atoms with van der Waals surface area (Å²) in [5.74, 6) is 2.01. The molecule has 3 aromatic heterocycles. The lowest BCUT2D eigenvalue weighted by Gasteiger charge is -2.20. The molecule has 9 heteroatoms. The van der Waals surface area contributed by atoms with E-state index in [1.54, 1.807) is 22.6 Å². The molecule has 0 spiro atoms. The van der Waals surface area contributed by atoms with Crippen LogP contribution in [-0.2, 0) is 17.8 Å². The molecule has 5 heterocycles. The van der Waals surface area contributed by atoms with Crippen LogP contribution in [0.3, 0.4) is 0 Å². The van der Waals surface area contributed by atoms with Gasteiger partial charge in [0.25, 0.3) is 5.91 Å². The second-order valence-corrected chi connectivity index (χ2v) is 9.07. The number of aromatic nitrogens is 3. The largest absolute Gasteiger partial charge is 0.463 e. The fourth-order valence-corrected chi connectivity index (χ4v) is 5.44. The third kappa shape index (κ3) is 3.76. The summed E-state index contributed by atoms with van der Waals surface area (Å²) in [6, 6.07) is 7.71. The van der Waals surface area contributed by atoms with Gasteiger partial charge in [-0.1, -0.05) is 24.2 Å². The normalized spacial score (nSPS) is 19.1. The maximum Gasteiger partial charge on any atom is 0.253 e. The van der Waals surface area contributed by atoms with Crippen molar-refractivity contribution in [3.05, 3.63) is 52.4 Å². The Morgan fingerprint density at radius 2 is 2.21 bits per heavy atom.